The number of hydrogen-bond acceptors (Lipinski definition) is 2. The summed E-state index contributed by atoms with van der Waals surface area (Å²) in [6.45, 7) is 2.16. The Morgan fingerprint density at radius 3 is 2.65 bits per heavy atom. The molecule has 0 saturated carbocycles. The molecule has 1 unspecified atom stereocenters. The first-order valence-electron chi connectivity index (χ1n) is 6.87. The summed E-state index contributed by atoms with van der Waals surface area (Å²) in [5.41, 5.74) is 2.63. The molecule has 2 rings (SSSR count). The standard InChI is InChI=1S/C17H20FNS/c1-3-13-6-4-7-14(10-13)17(19-2)12-20-16-9-5-8-15(18)11-16/h4-11,17,19H,3,12H2,1-2H3. The number of rotatable bonds is 6. The molecule has 106 valence electrons. The van der Waals surface area contributed by atoms with E-state index in [1.54, 1.807) is 23.9 Å². The smallest absolute Gasteiger partial charge is 0.124 e. The van der Waals surface area contributed by atoms with Crippen LogP contribution < -0.4 is 5.32 Å². The van der Waals surface area contributed by atoms with Crippen LogP contribution in [0.25, 0.3) is 0 Å². The maximum absolute atomic E-state index is 13.2. The van der Waals surface area contributed by atoms with Crippen LogP contribution in [0, 0.1) is 5.82 Å². The SMILES string of the molecule is CCc1cccc(C(CSc2cccc(F)c2)NC)c1. The number of benzene rings is 2. The molecule has 0 aliphatic carbocycles. The Balaban J connectivity index is 2.05. The predicted octanol–water partition coefficient (Wildman–Crippen LogP) is 4.44. The van der Waals surface area contributed by atoms with Gasteiger partial charge in [-0.3, -0.25) is 0 Å². The molecule has 0 aromatic heterocycles. The van der Waals surface area contributed by atoms with Gasteiger partial charge in [-0.2, -0.15) is 0 Å². The van der Waals surface area contributed by atoms with Gasteiger partial charge in [0.2, 0.25) is 0 Å². The zero-order valence-corrected chi connectivity index (χ0v) is 12.7. The highest BCUT2D eigenvalue weighted by atomic mass is 32.2. The molecule has 0 saturated heterocycles. The number of thioether (sulfide) groups is 1. The molecule has 0 aliphatic heterocycles. The van der Waals surface area contributed by atoms with E-state index in [4.69, 9.17) is 0 Å². The second kappa shape index (κ2) is 7.46. The quantitative estimate of drug-likeness (QED) is 0.789. The Bertz CT molecular complexity index is 556. The Labute approximate surface area is 124 Å². The fraction of sp³-hybridized carbons (Fsp3) is 0.294. The Hall–Kier alpha value is -1.32. The molecule has 1 nitrogen and oxygen atoms in total. The van der Waals surface area contributed by atoms with Gasteiger partial charge in [0, 0.05) is 16.7 Å². The molecule has 3 heteroatoms. The van der Waals surface area contributed by atoms with Gasteiger partial charge >= 0.3 is 0 Å². The van der Waals surface area contributed by atoms with Crippen LogP contribution >= 0.6 is 11.8 Å². The highest BCUT2D eigenvalue weighted by molar-refractivity contribution is 7.99. The summed E-state index contributed by atoms with van der Waals surface area (Å²) in [4.78, 5) is 0.969. The van der Waals surface area contributed by atoms with E-state index in [2.05, 4.69) is 36.5 Å². The molecule has 0 amide bonds. The fourth-order valence-electron chi connectivity index (χ4n) is 2.11. The minimum absolute atomic E-state index is 0.177. The summed E-state index contributed by atoms with van der Waals surface area (Å²) in [5, 5.41) is 3.34. The zero-order valence-electron chi connectivity index (χ0n) is 11.9. The van der Waals surface area contributed by atoms with Gasteiger partial charge in [0.1, 0.15) is 5.82 Å². The maximum atomic E-state index is 13.2. The van der Waals surface area contributed by atoms with E-state index in [0.717, 1.165) is 17.1 Å². The molecule has 20 heavy (non-hydrogen) atoms. The van der Waals surface area contributed by atoms with Crippen LogP contribution in [0.1, 0.15) is 24.1 Å². The van der Waals surface area contributed by atoms with Gasteiger partial charge in [0.15, 0.2) is 0 Å². The van der Waals surface area contributed by atoms with Crippen molar-refractivity contribution in [1.29, 1.82) is 0 Å². The summed E-state index contributed by atoms with van der Waals surface area (Å²) < 4.78 is 13.2. The molecule has 0 heterocycles. The average molecular weight is 289 g/mol. The maximum Gasteiger partial charge on any atom is 0.124 e. The Kier molecular flexibility index (Phi) is 5.62. The van der Waals surface area contributed by atoms with Crippen molar-refractivity contribution in [3.63, 3.8) is 0 Å². The molecule has 0 aliphatic rings. The second-order valence-corrected chi connectivity index (χ2v) is 5.80. The third-order valence-corrected chi connectivity index (χ3v) is 4.41. The zero-order chi connectivity index (χ0) is 14.4. The van der Waals surface area contributed by atoms with Gasteiger partial charge in [0.05, 0.1) is 0 Å². The third kappa shape index (κ3) is 4.09. The molecule has 2 aromatic rings. The van der Waals surface area contributed by atoms with E-state index in [9.17, 15) is 4.39 Å². The van der Waals surface area contributed by atoms with Crippen molar-refractivity contribution in [3.05, 3.63) is 65.5 Å². The van der Waals surface area contributed by atoms with Crippen LogP contribution in [0.15, 0.2) is 53.4 Å². The first-order chi connectivity index (χ1) is 9.72. The van der Waals surface area contributed by atoms with Crippen molar-refractivity contribution in [2.24, 2.45) is 0 Å². The molecular weight excluding hydrogens is 269 g/mol. The monoisotopic (exact) mass is 289 g/mol. The highest BCUT2D eigenvalue weighted by Crippen LogP contribution is 2.25. The first-order valence-corrected chi connectivity index (χ1v) is 7.86. The van der Waals surface area contributed by atoms with Crippen LogP contribution in [-0.4, -0.2) is 12.8 Å². The minimum atomic E-state index is -0.177. The average Bonchev–Trinajstić information content (AvgIpc) is 2.48. The van der Waals surface area contributed by atoms with Crippen LogP contribution in [0.2, 0.25) is 0 Å². The molecule has 0 spiro atoms. The number of hydrogen-bond donors (Lipinski definition) is 1. The van der Waals surface area contributed by atoms with Gasteiger partial charge < -0.3 is 5.32 Å². The van der Waals surface area contributed by atoms with E-state index in [1.165, 1.54) is 17.2 Å². The minimum Gasteiger partial charge on any atom is -0.312 e. The van der Waals surface area contributed by atoms with Gasteiger partial charge in [-0.05, 0) is 42.8 Å². The highest BCUT2D eigenvalue weighted by Gasteiger charge is 2.10. The van der Waals surface area contributed by atoms with Crippen molar-refractivity contribution in [1.82, 2.24) is 5.32 Å². The van der Waals surface area contributed by atoms with Crippen LogP contribution in [0.5, 0.6) is 0 Å². The van der Waals surface area contributed by atoms with E-state index in [0.29, 0.717) is 0 Å². The lowest BCUT2D eigenvalue weighted by Crippen LogP contribution is -2.18. The summed E-state index contributed by atoms with van der Waals surface area (Å²) in [6.07, 6.45) is 1.04. The van der Waals surface area contributed by atoms with Crippen molar-refractivity contribution in [2.45, 2.75) is 24.3 Å². The van der Waals surface area contributed by atoms with E-state index >= 15 is 0 Å². The lowest BCUT2D eigenvalue weighted by molar-refractivity contribution is 0.624. The molecule has 0 fully saturated rings. The van der Waals surface area contributed by atoms with Crippen LogP contribution in [-0.2, 0) is 6.42 Å². The topological polar surface area (TPSA) is 12.0 Å². The Morgan fingerprint density at radius 2 is 1.95 bits per heavy atom. The van der Waals surface area contributed by atoms with Crippen LogP contribution in [0.4, 0.5) is 4.39 Å². The number of halogens is 1. The molecule has 1 atom stereocenters. The number of aryl methyl sites for hydroxylation is 1. The van der Waals surface area contributed by atoms with Gasteiger partial charge in [-0.25, -0.2) is 4.39 Å². The lowest BCUT2D eigenvalue weighted by Gasteiger charge is -2.17. The van der Waals surface area contributed by atoms with Gasteiger partial charge in [-0.1, -0.05) is 37.3 Å². The molecule has 0 bridgehead atoms. The molecular formula is C17H20FNS. The predicted molar refractivity (Wildman–Crippen MR) is 84.7 cm³/mol. The van der Waals surface area contributed by atoms with Crippen LogP contribution in [0.3, 0.4) is 0 Å². The lowest BCUT2D eigenvalue weighted by atomic mass is 10.0. The van der Waals surface area contributed by atoms with Crippen molar-refractivity contribution < 1.29 is 4.39 Å². The normalized spacial score (nSPS) is 12.3. The Morgan fingerprint density at radius 1 is 1.15 bits per heavy atom. The summed E-state index contributed by atoms with van der Waals surface area (Å²) in [5.74, 6) is 0.705. The van der Waals surface area contributed by atoms with Gasteiger partial charge in [-0.15, -0.1) is 11.8 Å². The van der Waals surface area contributed by atoms with E-state index < -0.39 is 0 Å². The summed E-state index contributed by atoms with van der Waals surface area (Å²) >= 11 is 1.67. The largest absolute Gasteiger partial charge is 0.312 e. The third-order valence-electron chi connectivity index (χ3n) is 3.32. The van der Waals surface area contributed by atoms with Gasteiger partial charge in [0.25, 0.3) is 0 Å². The summed E-state index contributed by atoms with van der Waals surface area (Å²) in [7, 11) is 1.97. The first kappa shape index (κ1) is 15.1. The molecule has 1 N–H and O–H groups in total. The summed E-state index contributed by atoms with van der Waals surface area (Å²) in [6, 6.07) is 15.7. The van der Waals surface area contributed by atoms with E-state index in [-0.39, 0.29) is 11.9 Å². The van der Waals surface area contributed by atoms with Crippen molar-refractivity contribution >= 4 is 11.8 Å². The molecule has 2 aromatic carbocycles. The molecule has 0 radical (unpaired) electrons. The van der Waals surface area contributed by atoms with Crippen molar-refractivity contribution in [2.75, 3.05) is 12.8 Å². The second-order valence-electron chi connectivity index (χ2n) is 4.71. The van der Waals surface area contributed by atoms with E-state index in [1.807, 2.05) is 13.1 Å². The fourth-order valence-corrected chi connectivity index (χ4v) is 3.20. The number of nitrogens with one attached hydrogen (secondary N) is 1. The van der Waals surface area contributed by atoms with Crippen molar-refractivity contribution in [3.8, 4) is 0 Å².